The third-order valence-electron chi connectivity index (χ3n) is 2.53. The third-order valence-corrected chi connectivity index (χ3v) is 2.81. The van der Waals surface area contributed by atoms with Gasteiger partial charge in [-0.05, 0) is 23.6 Å². The highest BCUT2D eigenvalue weighted by Gasteiger charge is 2.05. The number of hydrogen-bond donors (Lipinski definition) is 1. The van der Waals surface area contributed by atoms with Gasteiger partial charge in [-0.1, -0.05) is 31.5 Å². The summed E-state index contributed by atoms with van der Waals surface area (Å²) in [6, 6.07) is 5.85. The van der Waals surface area contributed by atoms with Crippen molar-refractivity contribution in [3.05, 3.63) is 45.2 Å². The average Bonchev–Trinajstić information content (AvgIpc) is 2.23. The Hall–Kier alpha value is -1.28. The van der Waals surface area contributed by atoms with E-state index in [0.29, 0.717) is 11.3 Å². The van der Waals surface area contributed by atoms with Crippen molar-refractivity contribution in [1.82, 2.24) is 4.98 Å². The summed E-state index contributed by atoms with van der Waals surface area (Å²) in [5.74, 6) is 0.410. The van der Waals surface area contributed by atoms with Gasteiger partial charge in [0.1, 0.15) is 5.02 Å². The first kappa shape index (κ1) is 10.2. The second-order valence-electron chi connectivity index (χ2n) is 3.93. The summed E-state index contributed by atoms with van der Waals surface area (Å²) in [7, 11) is 0. The van der Waals surface area contributed by atoms with Gasteiger partial charge in [-0.3, -0.25) is 4.79 Å². The number of pyridine rings is 1. The van der Waals surface area contributed by atoms with E-state index in [0.717, 1.165) is 11.1 Å². The number of halogens is 1. The Balaban J connectivity index is 2.80. The Bertz CT molecular complexity index is 557. The highest BCUT2D eigenvalue weighted by Crippen LogP contribution is 2.18. The Morgan fingerprint density at radius 2 is 2.07 bits per heavy atom. The zero-order valence-electron chi connectivity index (χ0n) is 8.67. The highest BCUT2D eigenvalue weighted by molar-refractivity contribution is 6.31. The Morgan fingerprint density at radius 3 is 2.73 bits per heavy atom. The molecule has 0 atom stereocenters. The average molecular weight is 222 g/mol. The zero-order valence-corrected chi connectivity index (χ0v) is 9.43. The lowest BCUT2D eigenvalue weighted by atomic mass is 10.0. The number of fused-ring (bicyclic) bond motifs is 1. The Labute approximate surface area is 92.9 Å². The van der Waals surface area contributed by atoms with E-state index < -0.39 is 0 Å². The van der Waals surface area contributed by atoms with Crippen LogP contribution in [-0.2, 0) is 0 Å². The molecule has 1 heterocycles. The number of hydrogen-bond acceptors (Lipinski definition) is 1. The van der Waals surface area contributed by atoms with Gasteiger partial charge in [0.2, 0.25) is 5.43 Å². The van der Waals surface area contributed by atoms with Gasteiger partial charge in [0.25, 0.3) is 0 Å². The molecule has 15 heavy (non-hydrogen) atoms. The van der Waals surface area contributed by atoms with Crippen molar-refractivity contribution >= 4 is 22.5 Å². The fourth-order valence-electron chi connectivity index (χ4n) is 1.57. The normalized spacial score (nSPS) is 11.2. The van der Waals surface area contributed by atoms with Crippen LogP contribution in [0, 0.1) is 0 Å². The van der Waals surface area contributed by atoms with E-state index in [4.69, 9.17) is 11.6 Å². The van der Waals surface area contributed by atoms with Crippen molar-refractivity contribution in [2.24, 2.45) is 0 Å². The molecule has 0 aliphatic carbocycles. The number of benzene rings is 1. The van der Waals surface area contributed by atoms with Crippen LogP contribution >= 0.6 is 11.6 Å². The van der Waals surface area contributed by atoms with Crippen LogP contribution in [0.25, 0.3) is 10.9 Å². The van der Waals surface area contributed by atoms with E-state index in [1.54, 1.807) is 0 Å². The first-order valence-corrected chi connectivity index (χ1v) is 5.28. The minimum absolute atomic E-state index is 0.104. The van der Waals surface area contributed by atoms with Gasteiger partial charge in [0.15, 0.2) is 0 Å². The van der Waals surface area contributed by atoms with Crippen molar-refractivity contribution in [1.29, 1.82) is 0 Å². The lowest BCUT2D eigenvalue weighted by molar-refractivity contribution is 0.868. The molecule has 1 aromatic heterocycles. The van der Waals surface area contributed by atoms with E-state index in [1.807, 2.05) is 18.2 Å². The molecule has 0 saturated heterocycles. The lowest BCUT2D eigenvalue weighted by Crippen LogP contribution is -2.03. The van der Waals surface area contributed by atoms with Crippen LogP contribution < -0.4 is 5.43 Å². The minimum atomic E-state index is -0.104. The number of nitrogens with one attached hydrogen (secondary N) is 1. The molecule has 0 aliphatic heterocycles. The molecule has 0 amide bonds. The van der Waals surface area contributed by atoms with E-state index in [1.165, 1.54) is 6.20 Å². The highest BCUT2D eigenvalue weighted by atomic mass is 35.5. The molecule has 0 radical (unpaired) electrons. The topological polar surface area (TPSA) is 32.9 Å². The lowest BCUT2D eigenvalue weighted by Gasteiger charge is -2.06. The number of H-pyrrole nitrogens is 1. The van der Waals surface area contributed by atoms with E-state index >= 15 is 0 Å². The third kappa shape index (κ3) is 1.77. The number of aromatic nitrogens is 1. The summed E-state index contributed by atoms with van der Waals surface area (Å²) in [6.45, 7) is 4.19. The summed E-state index contributed by atoms with van der Waals surface area (Å²) in [5.41, 5.74) is 1.87. The first-order valence-electron chi connectivity index (χ1n) is 4.90. The second kappa shape index (κ2) is 3.70. The van der Waals surface area contributed by atoms with Crippen LogP contribution in [0.15, 0.2) is 29.2 Å². The molecule has 0 bridgehead atoms. The molecule has 2 aromatic rings. The molecule has 0 aliphatic rings. The van der Waals surface area contributed by atoms with E-state index in [2.05, 4.69) is 18.8 Å². The predicted molar refractivity (Wildman–Crippen MR) is 63.7 cm³/mol. The molecule has 2 rings (SSSR count). The van der Waals surface area contributed by atoms with E-state index in [-0.39, 0.29) is 10.5 Å². The van der Waals surface area contributed by atoms with Crippen LogP contribution in [0.1, 0.15) is 25.3 Å². The maximum absolute atomic E-state index is 11.8. The second-order valence-corrected chi connectivity index (χ2v) is 4.33. The Kier molecular flexibility index (Phi) is 2.53. The summed E-state index contributed by atoms with van der Waals surface area (Å²) in [4.78, 5) is 14.7. The maximum Gasteiger partial charge on any atom is 0.207 e. The van der Waals surface area contributed by atoms with Gasteiger partial charge in [-0.25, -0.2) is 0 Å². The quantitative estimate of drug-likeness (QED) is 0.788. The minimum Gasteiger partial charge on any atom is -0.360 e. The van der Waals surface area contributed by atoms with Crippen LogP contribution in [0.3, 0.4) is 0 Å². The number of aromatic amines is 1. The molecule has 0 unspecified atom stereocenters. The molecule has 1 aromatic carbocycles. The number of rotatable bonds is 1. The van der Waals surface area contributed by atoms with Crippen molar-refractivity contribution in [2.75, 3.05) is 0 Å². The van der Waals surface area contributed by atoms with Crippen LogP contribution in [0.4, 0.5) is 0 Å². The summed E-state index contributed by atoms with van der Waals surface area (Å²) in [6.07, 6.45) is 1.53. The van der Waals surface area contributed by atoms with Crippen molar-refractivity contribution in [3.8, 4) is 0 Å². The molecule has 0 fully saturated rings. The summed E-state index contributed by atoms with van der Waals surface area (Å²) >= 11 is 5.78. The first-order chi connectivity index (χ1) is 7.09. The Morgan fingerprint density at radius 1 is 1.33 bits per heavy atom. The smallest absolute Gasteiger partial charge is 0.207 e. The largest absolute Gasteiger partial charge is 0.360 e. The van der Waals surface area contributed by atoms with E-state index in [9.17, 15) is 4.79 Å². The summed E-state index contributed by atoms with van der Waals surface area (Å²) in [5, 5.41) is 0.900. The monoisotopic (exact) mass is 221 g/mol. The van der Waals surface area contributed by atoms with Gasteiger partial charge >= 0.3 is 0 Å². The molecule has 0 saturated carbocycles. The molecule has 1 N–H and O–H groups in total. The van der Waals surface area contributed by atoms with Gasteiger partial charge in [-0.15, -0.1) is 0 Å². The molecule has 0 spiro atoms. The van der Waals surface area contributed by atoms with Crippen LogP contribution in [-0.4, -0.2) is 4.98 Å². The molecule has 3 heteroatoms. The SMILES string of the molecule is CC(C)c1ccc2[nH]cc(Cl)c(=O)c2c1. The predicted octanol–water partition coefficient (Wildman–Crippen LogP) is 3.30. The fourth-order valence-corrected chi connectivity index (χ4v) is 1.73. The molecule has 78 valence electrons. The maximum atomic E-state index is 11.8. The van der Waals surface area contributed by atoms with Crippen molar-refractivity contribution < 1.29 is 0 Å². The van der Waals surface area contributed by atoms with Gasteiger partial charge in [0, 0.05) is 17.1 Å². The van der Waals surface area contributed by atoms with Gasteiger partial charge in [-0.2, -0.15) is 0 Å². The van der Waals surface area contributed by atoms with Crippen molar-refractivity contribution in [2.45, 2.75) is 19.8 Å². The van der Waals surface area contributed by atoms with Crippen LogP contribution in [0.2, 0.25) is 5.02 Å². The molecular weight excluding hydrogens is 210 g/mol. The van der Waals surface area contributed by atoms with Crippen LogP contribution in [0.5, 0.6) is 0 Å². The molecule has 2 nitrogen and oxygen atoms in total. The standard InChI is InChI=1S/C12H12ClNO/c1-7(2)8-3-4-11-9(5-8)12(15)10(13)6-14-11/h3-7H,1-2H3,(H,14,15). The van der Waals surface area contributed by atoms with Crippen molar-refractivity contribution in [3.63, 3.8) is 0 Å². The summed E-state index contributed by atoms with van der Waals surface area (Å²) < 4.78 is 0. The fraction of sp³-hybridized carbons (Fsp3) is 0.250. The van der Waals surface area contributed by atoms with Gasteiger partial charge in [0.05, 0.1) is 0 Å². The van der Waals surface area contributed by atoms with Gasteiger partial charge < -0.3 is 4.98 Å². The molecular formula is C12H12ClNO. The zero-order chi connectivity index (χ0) is 11.0.